The van der Waals surface area contributed by atoms with Crippen LogP contribution in [0.4, 0.5) is 4.39 Å². The van der Waals surface area contributed by atoms with Gasteiger partial charge >= 0.3 is 0 Å². The number of halogens is 1. The topological polar surface area (TPSA) is 64.3 Å². The van der Waals surface area contributed by atoms with Crippen LogP contribution in [0.15, 0.2) is 18.2 Å². The Kier molecular flexibility index (Phi) is 6.45. The predicted octanol–water partition coefficient (Wildman–Crippen LogP) is 2.53. The molecule has 1 atom stereocenters. The standard InChI is InChI=1S/C15H23FN2O2/c1-4-12(5-2)18-15(19)9-20-14-8-11(16)6-7-13(14)10(3)17/h6-8,10,12H,4-5,9,17H2,1-3H3,(H,18,19). The molecular weight excluding hydrogens is 259 g/mol. The molecule has 0 aliphatic carbocycles. The number of carbonyl (C=O) groups excluding carboxylic acids is 1. The number of hydrogen-bond acceptors (Lipinski definition) is 3. The summed E-state index contributed by atoms with van der Waals surface area (Å²) in [4.78, 5) is 11.7. The van der Waals surface area contributed by atoms with Crippen molar-refractivity contribution in [1.29, 1.82) is 0 Å². The van der Waals surface area contributed by atoms with Crippen molar-refractivity contribution < 1.29 is 13.9 Å². The van der Waals surface area contributed by atoms with Crippen molar-refractivity contribution in [3.8, 4) is 5.75 Å². The van der Waals surface area contributed by atoms with Gasteiger partial charge < -0.3 is 15.8 Å². The molecule has 0 aliphatic rings. The second-order valence-corrected chi connectivity index (χ2v) is 4.84. The zero-order valence-electron chi connectivity index (χ0n) is 12.3. The van der Waals surface area contributed by atoms with Crippen LogP contribution in [0.2, 0.25) is 0 Å². The molecule has 5 heteroatoms. The molecule has 1 aromatic carbocycles. The average Bonchev–Trinajstić information content (AvgIpc) is 2.42. The van der Waals surface area contributed by atoms with E-state index in [1.165, 1.54) is 12.1 Å². The molecule has 0 saturated carbocycles. The zero-order chi connectivity index (χ0) is 15.1. The van der Waals surface area contributed by atoms with Crippen LogP contribution in [0, 0.1) is 5.82 Å². The van der Waals surface area contributed by atoms with Gasteiger partial charge in [0.25, 0.3) is 5.91 Å². The predicted molar refractivity (Wildman–Crippen MR) is 77.0 cm³/mol. The molecule has 0 heterocycles. The van der Waals surface area contributed by atoms with Crippen molar-refractivity contribution in [3.63, 3.8) is 0 Å². The molecule has 3 N–H and O–H groups in total. The molecule has 0 saturated heterocycles. The molecule has 1 rings (SSSR count). The fourth-order valence-electron chi connectivity index (χ4n) is 1.91. The van der Waals surface area contributed by atoms with Crippen LogP contribution < -0.4 is 15.8 Å². The number of nitrogens with one attached hydrogen (secondary N) is 1. The lowest BCUT2D eigenvalue weighted by molar-refractivity contribution is -0.123. The smallest absolute Gasteiger partial charge is 0.258 e. The van der Waals surface area contributed by atoms with Gasteiger partial charge in [-0.3, -0.25) is 4.79 Å². The number of benzene rings is 1. The van der Waals surface area contributed by atoms with Crippen LogP contribution in [0.5, 0.6) is 5.75 Å². The lowest BCUT2D eigenvalue weighted by atomic mass is 10.1. The van der Waals surface area contributed by atoms with Crippen molar-refractivity contribution in [2.45, 2.75) is 45.7 Å². The Morgan fingerprint density at radius 3 is 2.60 bits per heavy atom. The number of carbonyl (C=O) groups is 1. The first-order chi connectivity index (χ1) is 9.47. The minimum absolute atomic E-state index is 0.139. The van der Waals surface area contributed by atoms with E-state index < -0.39 is 5.82 Å². The Hall–Kier alpha value is -1.62. The summed E-state index contributed by atoms with van der Waals surface area (Å²) in [5.74, 6) is -0.303. The van der Waals surface area contributed by atoms with Crippen molar-refractivity contribution in [3.05, 3.63) is 29.6 Å². The maximum absolute atomic E-state index is 13.2. The highest BCUT2D eigenvalue weighted by Crippen LogP contribution is 2.24. The van der Waals surface area contributed by atoms with Gasteiger partial charge in [0.1, 0.15) is 11.6 Å². The molecule has 0 spiro atoms. The summed E-state index contributed by atoms with van der Waals surface area (Å²) in [6.45, 7) is 5.66. The third-order valence-corrected chi connectivity index (χ3v) is 3.18. The lowest BCUT2D eigenvalue weighted by Gasteiger charge is -2.17. The van der Waals surface area contributed by atoms with Crippen LogP contribution >= 0.6 is 0 Å². The van der Waals surface area contributed by atoms with Crippen LogP contribution in [0.3, 0.4) is 0 Å². The molecule has 4 nitrogen and oxygen atoms in total. The third-order valence-electron chi connectivity index (χ3n) is 3.18. The van der Waals surface area contributed by atoms with Crippen LogP contribution in [0.1, 0.15) is 45.2 Å². The maximum atomic E-state index is 13.2. The van der Waals surface area contributed by atoms with Crippen molar-refractivity contribution in [2.24, 2.45) is 5.73 Å². The largest absolute Gasteiger partial charge is 0.483 e. The second-order valence-electron chi connectivity index (χ2n) is 4.84. The first-order valence-corrected chi connectivity index (χ1v) is 6.95. The molecule has 0 fully saturated rings. The van der Waals surface area contributed by atoms with Gasteiger partial charge in [-0.2, -0.15) is 0 Å². The summed E-state index contributed by atoms with van der Waals surface area (Å²) in [6.07, 6.45) is 1.74. The Labute approximate surface area is 119 Å². The average molecular weight is 282 g/mol. The lowest BCUT2D eigenvalue weighted by Crippen LogP contribution is -2.37. The molecular formula is C15H23FN2O2. The maximum Gasteiger partial charge on any atom is 0.258 e. The van der Waals surface area contributed by atoms with Gasteiger partial charge in [0.05, 0.1) is 0 Å². The summed E-state index contributed by atoms with van der Waals surface area (Å²) in [5, 5.41) is 2.86. The SMILES string of the molecule is CCC(CC)NC(=O)COc1cc(F)ccc1C(C)N. The summed E-state index contributed by atoms with van der Waals surface area (Å²) < 4.78 is 18.6. The summed E-state index contributed by atoms with van der Waals surface area (Å²) in [7, 11) is 0. The summed E-state index contributed by atoms with van der Waals surface area (Å²) >= 11 is 0. The minimum Gasteiger partial charge on any atom is -0.483 e. The minimum atomic E-state index is -0.412. The fourth-order valence-corrected chi connectivity index (χ4v) is 1.91. The number of amides is 1. The number of nitrogens with two attached hydrogens (primary N) is 1. The van der Waals surface area contributed by atoms with Crippen LogP contribution in [-0.4, -0.2) is 18.6 Å². The highest BCUT2D eigenvalue weighted by Gasteiger charge is 2.13. The zero-order valence-corrected chi connectivity index (χ0v) is 12.3. The highest BCUT2D eigenvalue weighted by atomic mass is 19.1. The summed E-state index contributed by atoms with van der Waals surface area (Å²) in [5.41, 5.74) is 6.47. The van der Waals surface area contributed by atoms with E-state index in [2.05, 4.69) is 5.32 Å². The van der Waals surface area contributed by atoms with E-state index in [0.717, 1.165) is 12.8 Å². The second kappa shape index (κ2) is 7.85. The molecule has 1 aromatic rings. The van der Waals surface area contributed by atoms with Gasteiger partial charge in [0.15, 0.2) is 6.61 Å². The van der Waals surface area contributed by atoms with Crippen LogP contribution in [-0.2, 0) is 4.79 Å². The quantitative estimate of drug-likeness (QED) is 0.807. The molecule has 1 amide bonds. The molecule has 0 bridgehead atoms. The number of hydrogen-bond donors (Lipinski definition) is 2. The Balaban J connectivity index is 2.65. The third kappa shape index (κ3) is 4.81. The van der Waals surface area contributed by atoms with E-state index in [1.807, 2.05) is 13.8 Å². The van der Waals surface area contributed by atoms with E-state index in [-0.39, 0.29) is 24.6 Å². The Bertz CT molecular complexity index is 445. The molecule has 0 aromatic heterocycles. The van der Waals surface area contributed by atoms with E-state index in [1.54, 1.807) is 13.0 Å². The number of ether oxygens (including phenoxy) is 1. The Morgan fingerprint density at radius 2 is 2.05 bits per heavy atom. The van der Waals surface area contributed by atoms with Crippen molar-refractivity contribution in [1.82, 2.24) is 5.32 Å². The number of rotatable bonds is 7. The van der Waals surface area contributed by atoms with E-state index in [4.69, 9.17) is 10.5 Å². The molecule has 112 valence electrons. The van der Waals surface area contributed by atoms with E-state index >= 15 is 0 Å². The van der Waals surface area contributed by atoms with E-state index in [9.17, 15) is 9.18 Å². The van der Waals surface area contributed by atoms with Gasteiger partial charge in [0, 0.05) is 23.7 Å². The first-order valence-electron chi connectivity index (χ1n) is 6.95. The van der Waals surface area contributed by atoms with Gasteiger partial charge in [-0.05, 0) is 25.8 Å². The Morgan fingerprint density at radius 1 is 1.40 bits per heavy atom. The molecule has 0 aliphatic heterocycles. The molecule has 20 heavy (non-hydrogen) atoms. The van der Waals surface area contributed by atoms with Gasteiger partial charge in [-0.25, -0.2) is 4.39 Å². The fraction of sp³-hybridized carbons (Fsp3) is 0.533. The monoisotopic (exact) mass is 282 g/mol. The van der Waals surface area contributed by atoms with Gasteiger partial charge in [-0.15, -0.1) is 0 Å². The highest BCUT2D eigenvalue weighted by molar-refractivity contribution is 5.77. The van der Waals surface area contributed by atoms with Crippen molar-refractivity contribution in [2.75, 3.05) is 6.61 Å². The molecule has 0 radical (unpaired) electrons. The normalized spacial score (nSPS) is 12.3. The van der Waals surface area contributed by atoms with Gasteiger partial charge in [0.2, 0.25) is 0 Å². The first kappa shape index (κ1) is 16.4. The van der Waals surface area contributed by atoms with Crippen LogP contribution in [0.25, 0.3) is 0 Å². The van der Waals surface area contributed by atoms with Crippen molar-refractivity contribution >= 4 is 5.91 Å². The molecule has 1 unspecified atom stereocenters. The summed E-state index contributed by atoms with van der Waals surface area (Å²) in [6, 6.07) is 4.02. The van der Waals surface area contributed by atoms with E-state index in [0.29, 0.717) is 11.3 Å². The van der Waals surface area contributed by atoms with Gasteiger partial charge in [-0.1, -0.05) is 19.9 Å².